The van der Waals surface area contributed by atoms with Crippen LogP contribution in [-0.2, 0) is 12.7 Å². The minimum absolute atomic E-state index is 0.102. The van der Waals surface area contributed by atoms with E-state index in [1.807, 2.05) is 6.92 Å². The van der Waals surface area contributed by atoms with Gasteiger partial charge in [-0.15, -0.1) is 0 Å². The van der Waals surface area contributed by atoms with Crippen LogP contribution in [0, 0.1) is 0 Å². The van der Waals surface area contributed by atoms with Crippen LogP contribution < -0.4 is 0 Å². The molecule has 0 aromatic carbocycles. The first kappa shape index (κ1) is 21.3. The lowest BCUT2D eigenvalue weighted by Crippen LogP contribution is -2.40. The average Bonchev–Trinajstić information content (AvgIpc) is 3.38. The second-order valence-corrected chi connectivity index (χ2v) is 8.15. The lowest BCUT2D eigenvalue weighted by molar-refractivity contribution is -0.136. The van der Waals surface area contributed by atoms with Gasteiger partial charge in [0.1, 0.15) is 5.69 Å². The second-order valence-electron chi connectivity index (χ2n) is 8.15. The highest BCUT2D eigenvalue weighted by Gasteiger charge is 2.38. The third kappa shape index (κ3) is 3.90. The fourth-order valence-electron chi connectivity index (χ4n) is 4.09. The van der Waals surface area contributed by atoms with Gasteiger partial charge >= 0.3 is 6.18 Å². The molecular formula is C21H24F3N5O2. The summed E-state index contributed by atoms with van der Waals surface area (Å²) in [7, 11) is 0. The number of hydrogen-bond acceptors (Lipinski definition) is 5. The summed E-state index contributed by atoms with van der Waals surface area (Å²) in [6.45, 7) is 6.86. The molecule has 10 heteroatoms. The Balaban J connectivity index is 1.71. The molecule has 3 aromatic rings. The number of pyridine rings is 1. The number of carbonyl (C=O) groups is 1. The van der Waals surface area contributed by atoms with Crippen LogP contribution in [0.3, 0.4) is 0 Å². The van der Waals surface area contributed by atoms with Crippen molar-refractivity contribution in [3.8, 4) is 0 Å². The molecule has 1 aliphatic rings. The van der Waals surface area contributed by atoms with Gasteiger partial charge in [-0.05, 0) is 31.7 Å². The molecule has 4 rings (SSSR count). The third-order valence-electron chi connectivity index (χ3n) is 5.76. The SMILES string of the molecule is CCn1cncc1C(=O)N1CCC[C@@H](c2noc3nc(C(C)C)cc(C(F)(F)F)c23)C1. The van der Waals surface area contributed by atoms with Gasteiger partial charge in [0.15, 0.2) is 0 Å². The molecule has 7 nitrogen and oxygen atoms in total. The van der Waals surface area contributed by atoms with E-state index < -0.39 is 11.7 Å². The topological polar surface area (TPSA) is 77.0 Å². The second kappa shape index (κ2) is 7.97. The standard InChI is InChI=1S/C21H24F3N5O2/c1-4-28-11-25-9-16(28)20(30)29-7-5-6-13(10-29)18-17-14(21(22,23)24)8-15(12(2)3)26-19(17)31-27-18/h8-9,11-13H,4-7,10H2,1-3H3/t13-/m1/s1. The Morgan fingerprint density at radius 2 is 2.13 bits per heavy atom. The Hall–Kier alpha value is -2.91. The highest BCUT2D eigenvalue weighted by Crippen LogP contribution is 2.40. The Labute approximate surface area is 177 Å². The minimum atomic E-state index is -4.57. The molecule has 1 aliphatic heterocycles. The zero-order chi connectivity index (χ0) is 22.3. The van der Waals surface area contributed by atoms with E-state index in [4.69, 9.17) is 4.52 Å². The summed E-state index contributed by atoms with van der Waals surface area (Å²) in [5.41, 5.74) is 0.0841. The number of likely N-dealkylation sites (tertiary alicyclic amines) is 1. The van der Waals surface area contributed by atoms with E-state index in [0.717, 1.165) is 6.07 Å². The first-order valence-corrected chi connectivity index (χ1v) is 10.4. The van der Waals surface area contributed by atoms with E-state index in [2.05, 4.69) is 15.1 Å². The van der Waals surface area contributed by atoms with Gasteiger partial charge in [0.05, 0.1) is 29.2 Å². The Kier molecular flexibility index (Phi) is 5.49. The summed E-state index contributed by atoms with van der Waals surface area (Å²) < 4.78 is 48.7. The summed E-state index contributed by atoms with van der Waals surface area (Å²) in [6, 6.07) is 1.08. The Morgan fingerprint density at radius 3 is 2.81 bits per heavy atom. The van der Waals surface area contributed by atoms with Crippen LogP contribution in [0.15, 0.2) is 23.1 Å². The number of hydrogen-bond donors (Lipinski definition) is 0. The van der Waals surface area contributed by atoms with E-state index in [0.29, 0.717) is 37.3 Å². The fraction of sp³-hybridized carbons (Fsp3) is 0.524. The lowest BCUT2D eigenvalue weighted by atomic mass is 9.91. The van der Waals surface area contributed by atoms with Crippen molar-refractivity contribution >= 4 is 17.0 Å². The van der Waals surface area contributed by atoms with Crippen LogP contribution in [-0.4, -0.2) is 43.6 Å². The van der Waals surface area contributed by atoms with Crippen LogP contribution in [0.2, 0.25) is 0 Å². The number of piperidine rings is 1. The van der Waals surface area contributed by atoms with E-state index in [1.165, 1.54) is 6.20 Å². The van der Waals surface area contributed by atoms with Crippen molar-refractivity contribution in [1.29, 1.82) is 0 Å². The molecule has 1 amide bonds. The number of nitrogens with zero attached hydrogens (tertiary/aromatic N) is 5. The smallest absolute Gasteiger partial charge is 0.337 e. The number of carbonyl (C=O) groups excluding carboxylic acids is 1. The number of rotatable bonds is 4. The number of fused-ring (bicyclic) bond motifs is 1. The van der Waals surface area contributed by atoms with Gasteiger partial charge in [-0.25, -0.2) is 9.97 Å². The summed E-state index contributed by atoms with van der Waals surface area (Å²) >= 11 is 0. The minimum Gasteiger partial charge on any atom is -0.337 e. The number of halogens is 3. The van der Waals surface area contributed by atoms with Gasteiger partial charge in [0.2, 0.25) is 0 Å². The molecule has 0 N–H and O–H groups in total. The number of aromatic nitrogens is 4. The van der Waals surface area contributed by atoms with Crippen molar-refractivity contribution < 1.29 is 22.5 Å². The van der Waals surface area contributed by atoms with Crippen LogP contribution >= 0.6 is 0 Å². The van der Waals surface area contributed by atoms with Crippen molar-refractivity contribution in [3.05, 3.63) is 41.2 Å². The van der Waals surface area contributed by atoms with Gasteiger partial charge in [0.25, 0.3) is 11.6 Å². The zero-order valence-electron chi connectivity index (χ0n) is 17.6. The molecule has 1 atom stereocenters. The maximum absolute atomic E-state index is 13.9. The molecule has 0 spiro atoms. The highest BCUT2D eigenvalue weighted by atomic mass is 19.4. The van der Waals surface area contributed by atoms with Crippen LogP contribution in [0.4, 0.5) is 13.2 Å². The molecule has 0 saturated carbocycles. The van der Waals surface area contributed by atoms with Crippen molar-refractivity contribution in [1.82, 2.24) is 24.6 Å². The Bertz CT molecular complexity index is 1100. The predicted molar refractivity (Wildman–Crippen MR) is 107 cm³/mol. The number of aryl methyl sites for hydroxylation is 1. The van der Waals surface area contributed by atoms with Crippen LogP contribution in [0.5, 0.6) is 0 Å². The molecule has 0 bridgehead atoms. The molecule has 166 valence electrons. The molecular weight excluding hydrogens is 411 g/mol. The number of amides is 1. The molecule has 1 saturated heterocycles. The summed E-state index contributed by atoms with van der Waals surface area (Å²) in [5.74, 6) is -0.747. The average molecular weight is 435 g/mol. The van der Waals surface area contributed by atoms with E-state index in [9.17, 15) is 18.0 Å². The largest absolute Gasteiger partial charge is 0.417 e. The van der Waals surface area contributed by atoms with Gasteiger partial charge in [0, 0.05) is 31.2 Å². The maximum atomic E-state index is 13.9. The molecule has 0 radical (unpaired) electrons. The molecule has 31 heavy (non-hydrogen) atoms. The predicted octanol–water partition coefficient (Wildman–Crippen LogP) is 4.60. The molecule has 4 heterocycles. The Morgan fingerprint density at radius 1 is 1.35 bits per heavy atom. The van der Waals surface area contributed by atoms with Crippen molar-refractivity contribution in [2.45, 2.75) is 58.2 Å². The van der Waals surface area contributed by atoms with E-state index >= 15 is 0 Å². The van der Waals surface area contributed by atoms with Crippen molar-refractivity contribution in [2.24, 2.45) is 0 Å². The van der Waals surface area contributed by atoms with Crippen LogP contribution in [0.1, 0.15) is 72.9 Å². The van der Waals surface area contributed by atoms with Gasteiger partial charge < -0.3 is 14.0 Å². The highest BCUT2D eigenvalue weighted by molar-refractivity contribution is 5.92. The zero-order valence-corrected chi connectivity index (χ0v) is 17.6. The maximum Gasteiger partial charge on any atom is 0.417 e. The molecule has 3 aromatic heterocycles. The van der Waals surface area contributed by atoms with Gasteiger partial charge in [-0.3, -0.25) is 4.79 Å². The monoisotopic (exact) mass is 435 g/mol. The lowest BCUT2D eigenvalue weighted by Gasteiger charge is -2.32. The fourth-order valence-corrected chi connectivity index (χ4v) is 4.09. The van der Waals surface area contributed by atoms with Crippen LogP contribution in [0.25, 0.3) is 11.1 Å². The van der Waals surface area contributed by atoms with Crippen molar-refractivity contribution in [3.63, 3.8) is 0 Å². The van der Waals surface area contributed by atoms with Crippen molar-refractivity contribution in [2.75, 3.05) is 13.1 Å². The van der Waals surface area contributed by atoms with E-state index in [1.54, 1.807) is 29.6 Å². The van der Waals surface area contributed by atoms with Gasteiger partial charge in [-0.2, -0.15) is 13.2 Å². The quantitative estimate of drug-likeness (QED) is 0.599. The van der Waals surface area contributed by atoms with E-state index in [-0.39, 0.29) is 41.1 Å². The summed E-state index contributed by atoms with van der Waals surface area (Å²) in [6.07, 6.45) is -0.193. The number of imidazole rings is 1. The summed E-state index contributed by atoms with van der Waals surface area (Å²) in [5, 5.41) is 3.89. The number of alkyl halides is 3. The third-order valence-corrected chi connectivity index (χ3v) is 5.76. The normalized spacial score (nSPS) is 17.6. The molecule has 0 unspecified atom stereocenters. The first-order chi connectivity index (χ1) is 14.7. The first-order valence-electron chi connectivity index (χ1n) is 10.4. The molecule has 0 aliphatic carbocycles. The van der Waals surface area contributed by atoms with Gasteiger partial charge in [-0.1, -0.05) is 19.0 Å². The molecule has 1 fully saturated rings. The summed E-state index contributed by atoms with van der Waals surface area (Å²) in [4.78, 5) is 22.9.